The van der Waals surface area contributed by atoms with E-state index in [1.54, 1.807) is 31.2 Å². The van der Waals surface area contributed by atoms with Gasteiger partial charge in [-0.1, -0.05) is 24.6 Å². The molecule has 0 aliphatic carbocycles. The number of ether oxygens (including phenoxy) is 1. The number of halogens is 1. The summed E-state index contributed by atoms with van der Waals surface area (Å²) in [6.07, 6.45) is 0.0869. The predicted octanol–water partition coefficient (Wildman–Crippen LogP) is 2.24. The molecule has 0 spiro atoms. The molecule has 0 bridgehead atoms. The van der Waals surface area contributed by atoms with Crippen LogP contribution in [0.4, 0.5) is 0 Å². The third kappa shape index (κ3) is 5.94. The molecule has 0 fully saturated rings. The SMILES string of the molecule is CC(CCO)CNC(=O)C(C)Oc1cccc(Cl)c1. The van der Waals surface area contributed by atoms with Gasteiger partial charge in [0.2, 0.25) is 0 Å². The van der Waals surface area contributed by atoms with Crippen LogP contribution in [-0.4, -0.2) is 30.3 Å². The van der Waals surface area contributed by atoms with Crippen LogP contribution in [0.25, 0.3) is 0 Å². The molecule has 0 radical (unpaired) electrons. The molecule has 2 atom stereocenters. The first-order chi connectivity index (χ1) is 9.02. The van der Waals surface area contributed by atoms with E-state index in [4.69, 9.17) is 21.4 Å². The second kappa shape index (κ2) is 8.02. The fourth-order valence-corrected chi connectivity index (χ4v) is 1.72. The summed E-state index contributed by atoms with van der Waals surface area (Å²) >= 11 is 5.84. The molecular formula is C14H20ClNO3. The van der Waals surface area contributed by atoms with E-state index in [2.05, 4.69) is 5.32 Å². The van der Waals surface area contributed by atoms with Gasteiger partial charge in [0.1, 0.15) is 5.75 Å². The fraction of sp³-hybridized carbons (Fsp3) is 0.500. The zero-order valence-corrected chi connectivity index (χ0v) is 12.0. The highest BCUT2D eigenvalue weighted by Crippen LogP contribution is 2.18. The van der Waals surface area contributed by atoms with Gasteiger partial charge in [0.15, 0.2) is 6.10 Å². The number of hydrogen-bond donors (Lipinski definition) is 2. The zero-order valence-electron chi connectivity index (χ0n) is 11.2. The average Bonchev–Trinajstić information content (AvgIpc) is 2.36. The number of carbonyl (C=O) groups is 1. The number of rotatable bonds is 7. The quantitative estimate of drug-likeness (QED) is 0.808. The summed E-state index contributed by atoms with van der Waals surface area (Å²) in [5.41, 5.74) is 0. The smallest absolute Gasteiger partial charge is 0.260 e. The van der Waals surface area contributed by atoms with Gasteiger partial charge in [0.05, 0.1) is 0 Å². The Morgan fingerprint density at radius 3 is 2.84 bits per heavy atom. The van der Waals surface area contributed by atoms with Gasteiger partial charge in [-0.15, -0.1) is 0 Å². The van der Waals surface area contributed by atoms with Crippen molar-refractivity contribution in [1.29, 1.82) is 0 Å². The minimum absolute atomic E-state index is 0.131. The van der Waals surface area contributed by atoms with Gasteiger partial charge in [0.25, 0.3) is 5.91 Å². The van der Waals surface area contributed by atoms with Crippen LogP contribution in [-0.2, 0) is 4.79 Å². The molecule has 19 heavy (non-hydrogen) atoms. The molecule has 1 aromatic carbocycles. The van der Waals surface area contributed by atoms with E-state index in [0.717, 1.165) is 0 Å². The molecule has 0 heterocycles. The van der Waals surface area contributed by atoms with Crippen LogP contribution in [0, 0.1) is 5.92 Å². The van der Waals surface area contributed by atoms with Gasteiger partial charge in [0, 0.05) is 18.2 Å². The molecule has 0 aliphatic heterocycles. The Kier molecular flexibility index (Phi) is 6.67. The van der Waals surface area contributed by atoms with Crippen LogP contribution in [0.5, 0.6) is 5.75 Å². The molecule has 1 amide bonds. The number of carbonyl (C=O) groups excluding carboxylic acids is 1. The summed E-state index contributed by atoms with van der Waals surface area (Å²) in [5, 5.41) is 12.1. The third-order valence-corrected chi connectivity index (χ3v) is 2.96. The molecule has 1 aromatic rings. The normalized spacial score (nSPS) is 13.7. The van der Waals surface area contributed by atoms with Crippen molar-refractivity contribution in [3.63, 3.8) is 0 Å². The lowest BCUT2D eigenvalue weighted by Gasteiger charge is -2.16. The van der Waals surface area contributed by atoms with Gasteiger partial charge in [-0.05, 0) is 37.5 Å². The van der Waals surface area contributed by atoms with Crippen molar-refractivity contribution in [3.05, 3.63) is 29.3 Å². The third-order valence-electron chi connectivity index (χ3n) is 2.72. The van der Waals surface area contributed by atoms with Crippen molar-refractivity contribution in [2.75, 3.05) is 13.2 Å². The monoisotopic (exact) mass is 285 g/mol. The Balaban J connectivity index is 2.40. The van der Waals surface area contributed by atoms with Crippen LogP contribution in [0.3, 0.4) is 0 Å². The highest BCUT2D eigenvalue weighted by atomic mass is 35.5. The summed E-state index contributed by atoms with van der Waals surface area (Å²) in [6, 6.07) is 6.94. The van der Waals surface area contributed by atoms with Gasteiger partial charge >= 0.3 is 0 Å². The van der Waals surface area contributed by atoms with E-state index in [0.29, 0.717) is 23.7 Å². The van der Waals surface area contributed by atoms with Crippen LogP contribution >= 0.6 is 11.6 Å². The minimum Gasteiger partial charge on any atom is -0.481 e. The molecule has 2 unspecified atom stereocenters. The maximum absolute atomic E-state index is 11.8. The maximum atomic E-state index is 11.8. The first-order valence-electron chi connectivity index (χ1n) is 6.33. The summed E-state index contributed by atoms with van der Waals surface area (Å²) in [5.74, 6) is 0.635. The Labute approximate surface area is 118 Å². The molecule has 0 aliphatic rings. The second-order valence-electron chi connectivity index (χ2n) is 4.58. The van der Waals surface area contributed by atoms with Crippen LogP contribution in [0.15, 0.2) is 24.3 Å². The summed E-state index contributed by atoms with van der Waals surface area (Å²) in [4.78, 5) is 11.8. The van der Waals surface area contributed by atoms with E-state index in [1.807, 2.05) is 6.92 Å². The van der Waals surface area contributed by atoms with E-state index in [1.165, 1.54) is 0 Å². The summed E-state index contributed by atoms with van der Waals surface area (Å²) < 4.78 is 5.50. The molecule has 106 valence electrons. The van der Waals surface area contributed by atoms with Crippen molar-refractivity contribution < 1.29 is 14.6 Å². The van der Waals surface area contributed by atoms with Crippen molar-refractivity contribution >= 4 is 17.5 Å². The molecule has 5 heteroatoms. The highest BCUT2D eigenvalue weighted by Gasteiger charge is 2.15. The minimum atomic E-state index is -0.584. The molecule has 4 nitrogen and oxygen atoms in total. The van der Waals surface area contributed by atoms with Gasteiger partial charge < -0.3 is 15.2 Å². The standard InChI is InChI=1S/C14H20ClNO3/c1-10(6-7-17)9-16-14(18)11(2)19-13-5-3-4-12(15)8-13/h3-5,8,10-11,17H,6-7,9H2,1-2H3,(H,16,18). The first kappa shape index (κ1) is 15.8. The maximum Gasteiger partial charge on any atom is 0.260 e. The molecule has 2 N–H and O–H groups in total. The molecule has 0 saturated heterocycles. The number of nitrogens with one attached hydrogen (secondary N) is 1. The molecule has 1 rings (SSSR count). The van der Waals surface area contributed by atoms with Crippen molar-refractivity contribution in [3.8, 4) is 5.75 Å². The summed E-state index contributed by atoms with van der Waals surface area (Å²) in [6.45, 7) is 4.32. The lowest BCUT2D eigenvalue weighted by Crippen LogP contribution is -2.38. The highest BCUT2D eigenvalue weighted by molar-refractivity contribution is 6.30. The number of aliphatic hydroxyl groups excluding tert-OH is 1. The van der Waals surface area contributed by atoms with Crippen molar-refractivity contribution in [2.24, 2.45) is 5.92 Å². The first-order valence-corrected chi connectivity index (χ1v) is 6.71. The fourth-order valence-electron chi connectivity index (χ4n) is 1.54. The molecular weight excluding hydrogens is 266 g/mol. The van der Waals surface area contributed by atoms with Crippen LogP contribution in [0.2, 0.25) is 5.02 Å². The van der Waals surface area contributed by atoms with Gasteiger partial charge in [-0.3, -0.25) is 4.79 Å². The number of amides is 1. The van der Waals surface area contributed by atoms with Crippen LogP contribution < -0.4 is 10.1 Å². The lowest BCUT2D eigenvalue weighted by molar-refractivity contribution is -0.127. The number of benzene rings is 1. The topological polar surface area (TPSA) is 58.6 Å². The summed E-state index contributed by atoms with van der Waals surface area (Å²) in [7, 11) is 0. The Morgan fingerprint density at radius 1 is 1.47 bits per heavy atom. The molecule has 0 aromatic heterocycles. The predicted molar refractivity (Wildman–Crippen MR) is 75.4 cm³/mol. The Bertz CT molecular complexity index is 411. The zero-order chi connectivity index (χ0) is 14.3. The van der Waals surface area contributed by atoms with E-state index >= 15 is 0 Å². The van der Waals surface area contributed by atoms with E-state index in [9.17, 15) is 4.79 Å². The van der Waals surface area contributed by atoms with Gasteiger partial charge in [-0.25, -0.2) is 0 Å². The second-order valence-corrected chi connectivity index (χ2v) is 5.02. The van der Waals surface area contributed by atoms with Crippen molar-refractivity contribution in [1.82, 2.24) is 5.32 Å². The lowest BCUT2D eigenvalue weighted by atomic mass is 10.1. The largest absolute Gasteiger partial charge is 0.481 e. The van der Waals surface area contributed by atoms with E-state index in [-0.39, 0.29) is 18.4 Å². The molecule has 0 saturated carbocycles. The average molecular weight is 286 g/mol. The Hall–Kier alpha value is -1.26. The number of aliphatic hydroxyl groups is 1. The Morgan fingerprint density at radius 2 is 2.21 bits per heavy atom. The van der Waals surface area contributed by atoms with Crippen LogP contribution in [0.1, 0.15) is 20.3 Å². The van der Waals surface area contributed by atoms with Crippen molar-refractivity contribution in [2.45, 2.75) is 26.4 Å². The van der Waals surface area contributed by atoms with Gasteiger partial charge in [-0.2, -0.15) is 0 Å². The van der Waals surface area contributed by atoms with E-state index < -0.39 is 6.10 Å². The number of hydrogen-bond acceptors (Lipinski definition) is 3.